The summed E-state index contributed by atoms with van der Waals surface area (Å²) < 4.78 is 28.0. The molecule has 188 valence electrons. The molecule has 0 amide bonds. The summed E-state index contributed by atoms with van der Waals surface area (Å²) in [6.45, 7) is 9.72. The van der Waals surface area contributed by atoms with Crippen LogP contribution in [0, 0.1) is 0 Å². The zero-order valence-corrected chi connectivity index (χ0v) is 21.8. The molecule has 0 fully saturated rings. The van der Waals surface area contributed by atoms with Crippen LogP contribution in [0.15, 0.2) is 0 Å². The summed E-state index contributed by atoms with van der Waals surface area (Å²) in [4.78, 5) is 10.2. The van der Waals surface area contributed by atoms with Crippen LogP contribution < -0.4 is 0 Å². The van der Waals surface area contributed by atoms with Gasteiger partial charge in [0, 0.05) is 6.42 Å². The molecule has 31 heavy (non-hydrogen) atoms. The molecule has 0 radical (unpaired) electrons. The number of hydrogen-bond acceptors (Lipinski definition) is 5. The van der Waals surface area contributed by atoms with Crippen LogP contribution in [0.5, 0.6) is 0 Å². The van der Waals surface area contributed by atoms with Gasteiger partial charge in [-0.05, 0) is 25.7 Å². The van der Waals surface area contributed by atoms with E-state index in [0.29, 0.717) is 26.2 Å². The fourth-order valence-corrected chi connectivity index (χ4v) is 3.94. The molecular formula is C24H51O6P. The van der Waals surface area contributed by atoms with Gasteiger partial charge in [0.2, 0.25) is 0 Å². The van der Waals surface area contributed by atoms with Crippen molar-refractivity contribution in [2.75, 3.05) is 19.8 Å². The van der Waals surface area contributed by atoms with Crippen molar-refractivity contribution in [3.05, 3.63) is 0 Å². The van der Waals surface area contributed by atoms with Crippen molar-refractivity contribution >= 4 is 13.8 Å². The Morgan fingerprint density at radius 1 is 0.581 bits per heavy atom. The van der Waals surface area contributed by atoms with Gasteiger partial charge in [0.15, 0.2) is 0 Å². The van der Waals surface area contributed by atoms with Crippen molar-refractivity contribution in [3.8, 4) is 0 Å². The number of hydrogen-bond donors (Lipinski definition) is 1. The Labute approximate surface area is 192 Å². The summed E-state index contributed by atoms with van der Waals surface area (Å²) in [5.74, 6) is -0.659. The lowest BCUT2D eigenvalue weighted by Gasteiger charge is -2.17. The lowest BCUT2D eigenvalue weighted by molar-refractivity contribution is -0.137. The minimum Gasteiger partial charge on any atom is -0.481 e. The lowest BCUT2D eigenvalue weighted by atomic mass is 10.1. The van der Waals surface area contributed by atoms with Gasteiger partial charge in [0.25, 0.3) is 0 Å². The number of phosphoric ester groups is 1. The van der Waals surface area contributed by atoms with Crippen LogP contribution in [0.1, 0.15) is 130 Å². The Kier molecular flexibility index (Phi) is 27.3. The monoisotopic (exact) mass is 466 g/mol. The average Bonchev–Trinajstić information content (AvgIpc) is 2.73. The Morgan fingerprint density at radius 2 is 0.903 bits per heavy atom. The quantitative estimate of drug-likeness (QED) is 0.127. The number of phosphoric acid groups is 1. The molecule has 0 saturated carbocycles. The Morgan fingerprint density at radius 3 is 1.23 bits per heavy atom. The summed E-state index contributed by atoms with van der Waals surface area (Å²) >= 11 is 0. The second-order valence-corrected chi connectivity index (χ2v) is 9.65. The van der Waals surface area contributed by atoms with E-state index in [2.05, 4.69) is 27.7 Å². The van der Waals surface area contributed by atoms with Crippen LogP contribution in [0.4, 0.5) is 0 Å². The van der Waals surface area contributed by atoms with Gasteiger partial charge in [-0.1, -0.05) is 98.3 Å². The molecule has 0 aliphatic heterocycles. The van der Waals surface area contributed by atoms with Crippen molar-refractivity contribution in [1.82, 2.24) is 0 Å². The van der Waals surface area contributed by atoms with E-state index in [-0.39, 0.29) is 0 Å². The molecule has 0 aromatic rings. The van der Waals surface area contributed by atoms with E-state index in [4.69, 9.17) is 18.7 Å². The minimum absolute atomic E-state index is 0.343. The van der Waals surface area contributed by atoms with E-state index in [1.807, 2.05) is 0 Å². The largest absolute Gasteiger partial charge is 0.481 e. The van der Waals surface area contributed by atoms with Crippen molar-refractivity contribution in [1.29, 1.82) is 0 Å². The highest BCUT2D eigenvalue weighted by molar-refractivity contribution is 7.48. The molecule has 0 aromatic carbocycles. The van der Waals surface area contributed by atoms with Crippen LogP contribution in [0.25, 0.3) is 0 Å². The minimum atomic E-state index is -3.31. The summed E-state index contributed by atoms with van der Waals surface area (Å²) in [6.07, 6.45) is 17.1. The summed E-state index contributed by atoms with van der Waals surface area (Å²) in [5, 5.41) is 8.41. The van der Waals surface area contributed by atoms with Crippen LogP contribution in [-0.2, 0) is 22.9 Å². The Bertz CT molecular complexity index is 384. The van der Waals surface area contributed by atoms with Crippen molar-refractivity contribution in [2.45, 2.75) is 130 Å². The van der Waals surface area contributed by atoms with Crippen LogP contribution >= 0.6 is 7.82 Å². The topological polar surface area (TPSA) is 82.1 Å². The first kappa shape index (κ1) is 32.8. The maximum atomic E-state index is 12.2. The zero-order chi connectivity index (χ0) is 23.6. The first-order chi connectivity index (χ1) is 15.0. The number of rotatable bonds is 22. The van der Waals surface area contributed by atoms with Gasteiger partial charge < -0.3 is 5.11 Å². The summed E-state index contributed by atoms with van der Waals surface area (Å²) in [6, 6.07) is 0. The van der Waals surface area contributed by atoms with Gasteiger partial charge in [-0.15, -0.1) is 0 Å². The van der Waals surface area contributed by atoms with Gasteiger partial charge in [-0.3, -0.25) is 18.4 Å². The second kappa shape index (κ2) is 25.8. The molecule has 0 aliphatic rings. The molecule has 1 N–H and O–H groups in total. The molecule has 0 spiro atoms. The Hall–Kier alpha value is -0.420. The predicted molar refractivity (Wildman–Crippen MR) is 130 cm³/mol. The average molecular weight is 467 g/mol. The number of carboxylic acid groups (broad SMARTS) is 1. The fraction of sp³-hybridized carbons (Fsp3) is 0.958. The highest BCUT2D eigenvalue weighted by Gasteiger charge is 2.25. The first-order valence-electron chi connectivity index (χ1n) is 12.7. The zero-order valence-electron chi connectivity index (χ0n) is 20.9. The summed E-state index contributed by atoms with van der Waals surface area (Å²) in [7, 11) is -3.31. The van der Waals surface area contributed by atoms with E-state index < -0.39 is 13.8 Å². The van der Waals surface area contributed by atoms with Gasteiger partial charge >= 0.3 is 13.8 Å². The standard InChI is InChI=1S/C12H27O4P.C12H24O2/c1-4-7-10-14-17(13,15-11-8-5-2)16-12-9-6-3;1-2-3-4-5-6-7-8-9-10-11-12(13)14/h4-12H2,1-3H3;2-11H2,1H3,(H,13,14). The summed E-state index contributed by atoms with van der Waals surface area (Å²) in [5.41, 5.74) is 0. The maximum absolute atomic E-state index is 12.2. The van der Waals surface area contributed by atoms with Gasteiger partial charge in [0.05, 0.1) is 19.8 Å². The fourth-order valence-electron chi connectivity index (χ4n) is 2.66. The number of aliphatic carboxylic acids is 1. The predicted octanol–water partition coefficient (Wildman–Crippen LogP) is 8.54. The SMILES string of the molecule is CCCCCCCCCCCC(=O)O.CCCCOP(=O)(OCCCC)OCCCC. The smallest absolute Gasteiger partial charge is 0.474 e. The van der Waals surface area contributed by atoms with Crippen LogP contribution in [0.2, 0.25) is 0 Å². The number of carboxylic acids is 1. The van der Waals surface area contributed by atoms with Crippen molar-refractivity contribution in [2.24, 2.45) is 0 Å². The molecule has 0 unspecified atom stereocenters. The van der Waals surface area contributed by atoms with Gasteiger partial charge in [-0.25, -0.2) is 4.57 Å². The van der Waals surface area contributed by atoms with Gasteiger partial charge in [0.1, 0.15) is 0 Å². The van der Waals surface area contributed by atoms with E-state index in [1.165, 1.54) is 44.9 Å². The third-order valence-electron chi connectivity index (χ3n) is 4.74. The van der Waals surface area contributed by atoms with Crippen LogP contribution in [-0.4, -0.2) is 30.9 Å². The number of carbonyl (C=O) groups is 1. The molecule has 0 heterocycles. The number of unbranched alkanes of at least 4 members (excludes halogenated alkanes) is 11. The van der Waals surface area contributed by atoms with Crippen molar-refractivity contribution < 1.29 is 28.0 Å². The van der Waals surface area contributed by atoms with E-state index in [1.54, 1.807) is 0 Å². The third-order valence-corrected chi connectivity index (χ3v) is 6.23. The van der Waals surface area contributed by atoms with Crippen LogP contribution in [0.3, 0.4) is 0 Å². The lowest BCUT2D eigenvalue weighted by Crippen LogP contribution is -2.03. The van der Waals surface area contributed by atoms with E-state index in [0.717, 1.165) is 51.4 Å². The molecule has 0 aromatic heterocycles. The van der Waals surface area contributed by atoms with Gasteiger partial charge in [-0.2, -0.15) is 0 Å². The molecule has 0 atom stereocenters. The Balaban J connectivity index is 0. The first-order valence-corrected chi connectivity index (χ1v) is 14.2. The van der Waals surface area contributed by atoms with Crippen molar-refractivity contribution in [3.63, 3.8) is 0 Å². The molecule has 6 nitrogen and oxygen atoms in total. The molecule has 0 rings (SSSR count). The van der Waals surface area contributed by atoms with E-state index >= 15 is 0 Å². The normalized spacial score (nSPS) is 11.2. The maximum Gasteiger partial charge on any atom is 0.474 e. The van der Waals surface area contributed by atoms with E-state index in [9.17, 15) is 9.36 Å². The molecule has 7 heteroatoms. The third kappa shape index (κ3) is 27.5. The second-order valence-electron chi connectivity index (χ2n) is 7.98. The molecular weight excluding hydrogens is 415 g/mol. The highest BCUT2D eigenvalue weighted by atomic mass is 31.2. The molecule has 0 bridgehead atoms. The molecule has 0 saturated heterocycles. The molecule has 0 aliphatic carbocycles. The highest BCUT2D eigenvalue weighted by Crippen LogP contribution is 2.49.